The molecule has 0 heterocycles. The van der Waals surface area contributed by atoms with Gasteiger partial charge in [-0.2, -0.15) is 0 Å². The second-order valence-corrected chi connectivity index (χ2v) is 8.59. The summed E-state index contributed by atoms with van der Waals surface area (Å²) in [6.45, 7) is 6.64. The molecule has 1 atom stereocenters. The van der Waals surface area contributed by atoms with E-state index in [-0.39, 0.29) is 24.1 Å². The standard InChI is InChI=1S/C14H22N2O3S.ClH/c1-10(15)13(17)16-12-7-5-11(6-8-12)9-20(18,19)14(2,3)4;/h5-8,10H,9,15H2,1-4H3,(H,16,17);1H/t10-;/m1./s1. The summed E-state index contributed by atoms with van der Waals surface area (Å²) in [4.78, 5) is 11.4. The summed E-state index contributed by atoms with van der Waals surface area (Å²) < 4.78 is 23.4. The first-order valence-electron chi connectivity index (χ1n) is 6.40. The minimum absolute atomic E-state index is 0. The van der Waals surface area contributed by atoms with Crippen LogP contribution >= 0.6 is 12.4 Å². The maximum absolute atomic E-state index is 12.1. The lowest BCUT2D eigenvalue weighted by molar-refractivity contribution is -0.117. The van der Waals surface area contributed by atoms with Crippen LogP contribution < -0.4 is 11.1 Å². The summed E-state index contributed by atoms with van der Waals surface area (Å²) in [5.41, 5.74) is 6.75. The Balaban J connectivity index is 0.00000400. The fraction of sp³-hybridized carbons (Fsp3) is 0.500. The fourth-order valence-corrected chi connectivity index (χ4v) is 2.44. The smallest absolute Gasteiger partial charge is 0.240 e. The number of sulfone groups is 1. The van der Waals surface area contributed by atoms with Crippen LogP contribution in [0.5, 0.6) is 0 Å². The average molecular weight is 335 g/mol. The monoisotopic (exact) mass is 334 g/mol. The summed E-state index contributed by atoms with van der Waals surface area (Å²) in [6.07, 6.45) is 0. The first kappa shape index (κ1) is 19.9. The van der Waals surface area contributed by atoms with Gasteiger partial charge in [-0.25, -0.2) is 8.42 Å². The summed E-state index contributed by atoms with van der Waals surface area (Å²) in [5.74, 6) is -0.294. The number of halogens is 1. The SMILES string of the molecule is C[C@@H](N)C(=O)Nc1ccc(CS(=O)(=O)C(C)(C)C)cc1.Cl. The second kappa shape index (κ2) is 7.24. The van der Waals surface area contributed by atoms with Crippen molar-refractivity contribution in [3.8, 4) is 0 Å². The second-order valence-electron chi connectivity index (χ2n) is 5.85. The summed E-state index contributed by atoms with van der Waals surface area (Å²) in [6, 6.07) is 6.15. The van der Waals surface area contributed by atoms with Crippen LogP contribution in [0.1, 0.15) is 33.3 Å². The van der Waals surface area contributed by atoms with Crippen LogP contribution in [0.15, 0.2) is 24.3 Å². The van der Waals surface area contributed by atoms with Gasteiger partial charge < -0.3 is 11.1 Å². The van der Waals surface area contributed by atoms with Gasteiger partial charge in [-0.1, -0.05) is 12.1 Å². The van der Waals surface area contributed by atoms with Gasteiger partial charge in [0.25, 0.3) is 0 Å². The topological polar surface area (TPSA) is 89.3 Å². The minimum atomic E-state index is -3.21. The fourth-order valence-electron chi connectivity index (χ4n) is 1.38. The Bertz CT molecular complexity index is 575. The zero-order chi connectivity index (χ0) is 15.6. The van der Waals surface area contributed by atoms with Gasteiger partial charge in [0, 0.05) is 5.69 Å². The van der Waals surface area contributed by atoms with E-state index in [2.05, 4.69) is 5.32 Å². The van der Waals surface area contributed by atoms with Gasteiger partial charge in [0.15, 0.2) is 9.84 Å². The molecule has 0 fully saturated rings. The van der Waals surface area contributed by atoms with Crippen molar-refractivity contribution < 1.29 is 13.2 Å². The van der Waals surface area contributed by atoms with Crippen molar-refractivity contribution in [2.75, 3.05) is 5.32 Å². The molecular formula is C14H23ClN2O3S. The van der Waals surface area contributed by atoms with Crippen LogP contribution in [0, 0.1) is 0 Å². The molecule has 3 N–H and O–H groups in total. The maximum atomic E-state index is 12.1. The molecule has 0 aliphatic carbocycles. The van der Waals surface area contributed by atoms with E-state index >= 15 is 0 Å². The number of rotatable bonds is 4. The highest BCUT2D eigenvalue weighted by atomic mass is 35.5. The maximum Gasteiger partial charge on any atom is 0.240 e. The van der Waals surface area contributed by atoms with E-state index in [0.717, 1.165) is 0 Å². The van der Waals surface area contributed by atoms with Gasteiger partial charge in [-0.15, -0.1) is 12.4 Å². The number of benzene rings is 1. The molecule has 5 nitrogen and oxygen atoms in total. The molecule has 21 heavy (non-hydrogen) atoms. The first-order valence-corrected chi connectivity index (χ1v) is 8.06. The van der Waals surface area contributed by atoms with E-state index in [4.69, 9.17) is 5.73 Å². The van der Waals surface area contributed by atoms with Gasteiger partial charge in [0.05, 0.1) is 16.5 Å². The van der Waals surface area contributed by atoms with Crippen LogP contribution in [0.25, 0.3) is 0 Å². The van der Waals surface area contributed by atoms with Gasteiger partial charge in [-0.3, -0.25) is 4.79 Å². The Morgan fingerprint density at radius 3 is 2.10 bits per heavy atom. The van der Waals surface area contributed by atoms with Crippen LogP contribution in [0.2, 0.25) is 0 Å². The number of nitrogens with two attached hydrogens (primary N) is 1. The van der Waals surface area contributed by atoms with Crippen molar-refractivity contribution in [2.45, 2.75) is 44.2 Å². The predicted molar refractivity (Wildman–Crippen MR) is 88.3 cm³/mol. The van der Waals surface area contributed by atoms with Crippen molar-refractivity contribution in [1.29, 1.82) is 0 Å². The number of carbonyl (C=O) groups is 1. The normalized spacial score (nSPS) is 13.2. The molecule has 0 aliphatic rings. The number of hydrogen-bond acceptors (Lipinski definition) is 4. The van der Waals surface area contributed by atoms with E-state index in [1.54, 1.807) is 52.0 Å². The number of nitrogens with one attached hydrogen (secondary N) is 1. The van der Waals surface area contributed by atoms with Gasteiger partial charge >= 0.3 is 0 Å². The molecule has 0 unspecified atom stereocenters. The lowest BCUT2D eigenvalue weighted by Gasteiger charge is -2.19. The van der Waals surface area contributed by atoms with Crippen molar-refractivity contribution in [2.24, 2.45) is 5.73 Å². The molecule has 120 valence electrons. The molecule has 7 heteroatoms. The highest BCUT2D eigenvalue weighted by molar-refractivity contribution is 7.91. The molecule has 1 aromatic rings. The van der Waals surface area contributed by atoms with Crippen LogP contribution in [-0.4, -0.2) is 25.1 Å². The van der Waals surface area contributed by atoms with E-state index in [1.165, 1.54) is 0 Å². The van der Waals surface area contributed by atoms with Crippen molar-refractivity contribution in [3.05, 3.63) is 29.8 Å². The molecule has 0 radical (unpaired) electrons. The summed E-state index contributed by atoms with van der Waals surface area (Å²) in [5, 5.41) is 2.65. The van der Waals surface area contributed by atoms with E-state index < -0.39 is 20.6 Å². The molecule has 0 bridgehead atoms. The third kappa shape index (κ3) is 5.65. The summed E-state index contributed by atoms with van der Waals surface area (Å²) in [7, 11) is -3.21. The Labute approximate surface area is 132 Å². The Hall–Kier alpha value is -1.11. The molecule has 0 saturated heterocycles. The Morgan fingerprint density at radius 2 is 1.71 bits per heavy atom. The minimum Gasteiger partial charge on any atom is -0.325 e. The van der Waals surface area contributed by atoms with Crippen LogP contribution in [0.3, 0.4) is 0 Å². The van der Waals surface area contributed by atoms with Gasteiger partial charge in [-0.05, 0) is 45.4 Å². The highest BCUT2D eigenvalue weighted by Crippen LogP contribution is 2.21. The van der Waals surface area contributed by atoms with Crippen LogP contribution in [0.4, 0.5) is 5.69 Å². The molecular weight excluding hydrogens is 312 g/mol. The quantitative estimate of drug-likeness (QED) is 0.882. The molecule has 1 rings (SSSR count). The lowest BCUT2D eigenvalue weighted by Crippen LogP contribution is -2.32. The first-order chi connectivity index (χ1) is 9.03. The number of amides is 1. The van der Waals surface area contributed by atoms with Gasteiger partial charge in [0.2, 0.25) is 5.91 Å². The number of hydrogen-bond donors (Lipinski definition) is 2. The molecule has 0 aliphatic heterocycles. The van der Waals surface area contributed by atoms with E-state index in [1.807, 2.05) is 0 Å². The highest BCUT2D eigenvalue weighted by Gasteiger charge is 2.28. The number of carbonyl (C=O) groups excluding carboxylic acids is 1. The van der Waals surface area contributed by atoms with Crippen molar-refractivity contribution in [1.82, 2.24) is 0 Å². The lowest BCUT2D eigenvalue weighted by atomic mass is 10.2. The van der Waals surface area contributed by atoms with Crippen molar-refractivity contribution in [3.63, 3.8) is 0 Å². The summed E-state index contributed by atoms with van der Waals surface area (Å²) >= 11 is 0. The average Bonchev–Trinajstić information content (AvgIpc) is 2.29. The Kier molecular flexibility index (Phi) is 6.86. The predicted octanol–water partition coefficient (Wildman–Crippen LogP) is 2.11. The zero-order valence-corrected chi connectivity index (χ0v) is 14.3. The molecule has 0 aromatic heterocycles. The van der Waals surface area contributed by atoms with E-state index in [9.17, 15) is 13.2 Å². The van der Waals surface area contributed by atoms with Gasteiger partial charge in [0.1, 0.15) is 0 Å². The van der Waals surface area contributed by atoms with E-state index in [0.29, 0.717) is 11.3 Å². The third-order valence-corrected chi connectivity index (χ3v) is 5.50. The third-order valence-electron chi connectivity index (χ3n) is 2.92. The Morgan fingerprint density at radius 1 is 1.24 bits per heavy atom. The van der Waals surface area contributed by atoms with Crippen molar-refractivity contribution >= 4 is 33.8 Å². The molecule has 0 saturated carbocycles. The molecule has 1 amide bonds. The largest absolute Gasteiger partial charge is 0.325 e. The number of anilines is 1. The molecule has 1 aromatic carbocycles. The molecule has 0 spiro atoms. The zero-order valence-electron chi connectivity index (χ0n) is 12.7. The van der Waals surface area contributed by atoms with Crippen LogP contribution in [-0.2, 0) is 20.4 Å².